The lowest BCUT2D eigenvalue weighted by Crippen LogP contribution is -2.23. The molecule has 0 radical (unpaired) electrons. The Morgan fingerprint density at radius 2 is 2.15 bits per heavy atom. The number of benzene rings is 1. The van der Waals surface area contributed by atoms with Crippen molar-refractivity contribution >= 4 is 5.69 Å². The zero-order valence-corrected chi connectivity index (χ0v) is 8.33. The van der Waals surface area contributed by atoms with Crippen LogP contribution < -0.4 is 4.90 Å². The van der Waals surface area contributed by atoms with Crippen molar-refractivity contribution in [2.24, 2.45) is 0 Å². The fraction of sp³-hybridized carbons (Fsp3) is 0.455. The highest BCUT2D eigenvalue weighted by Gasteiger charge is 2.23. The Labute approximate surface area is 78.8 Å². The molecule has 13 heavy (non-hydrogen) atoms. The minimum atomic E-state index is 0.418. The molecule has 0 aromatic heterocycles. The number of fused-ring (bicyclic) bond motifs is 1. The summed E-state index contributed by atoms with van der Waals surface area (Å²) in [6.07, 6.45) is 1.04. The first-order chi connectivity index (χ1) is 6.09. The summed E-state index contributed by atoms with van der Waals surface area (Å²) in [7, 11) is 2.10. The lowest BCUT2D eigenvalue weighted by molar-refractivity contribution is 0.470. The summed E-state index contributed by atoms with van der Waals surface area (Å²) in [5.74, 6) is 0.418. The van der Waals surface area contributed by atoms with Gasteiger partial charge in [0.05, 0.1) is 0 Å². The van der Waals surface area contributed by atoms with Crippen LogP contribution in [0.1, 0.15) is 18.1 Å². The first kappa shape index (κ1) is 8.42. The van der Waals surface area contributed by atoms with E-state index in [1.165, 1.54) is 11.3 Å². The van der Waals surface area contributed by atoms with Crippen molar-refractivity contribution in [3.05, 3.63) is 23.3 Å². The maximum absolute atomic E-state index is 9.54. The Kier molecular flexibility index (Phi) is 1.72. The molecule has 1 unspecified atom stereocenters. The number of rotatable bonds is 0. The lowest BCUT2D eigenvalue weighted by Gasteiger charge is -2.18. The third-order valence-electron chi connectivity index (χ3n) is 2.95. The minimum absolute atomic E-state index is 0.418. The molecule has 1 aliphatic heterocycles. The molecule has 0 amide bonds. The van der Waals surface area contributed by atoms with Gasteiger partial charge in [-0.2, -0.15) is 0 Å². The Hall–Kier alpha value is -1.18. The van der Waals surface area contributed by atoms with Crippen molar-refractivity contribution in [1.82, 2.24) is 0 Å². The van der Waals surface area contributed by atoms with Gasteiger partial charge in [0.1, 0.15) is 5.75 Å². The van der Waals surface area contributed by atoms with E-state index in [4.69, 9.17) is 0 Å². The van der Waals surface area contributed by atoms with Crippen LogP contribution in [0.5, 0.6) is 5.75 Å². The molecule has 2 rings (SSSR count). The molecule has 1 N–H and O–H groups in total. The molecule has 1 atom stereocenters. The van der Waals surface area contributed by atoms with Crippen LogP contribution in [0.15, 0.2) is 12.1 Å². The van der Waals surface area contributed by atoms with Crippen LogP contribution in [0.3, 0.4) is 0 Å². The number of anilines is 1. The molecular formula is C11H15NO. The normalized spacial score (nSPS) is 20.5. The van der Waals surface area contributed by atoms with Crippen molar-refractivity contribution in [1.29, 1.82) is 0 Å². The van der Waals surface area contributed by atoms with Gasteiger partial charge >= 0.3 is 0 Å². The van der Waals surface area contributed by atoms with E-state index in [0.717, 1.165) is 12.0 Å². The van der Waals surface area contributed by atoms with Gasteiger partial charge in [-0.25, -0.2) is 0 Å². The van der Waals surface area contributed by atoms with E-state index in [2.05, 4.69) is 24.9 Å². The average Bonchev–Trinajstić information content (AvgIpc) is 2.32. The first-order valence-corrected chi connectivity index (χ1v) is 4.65. The van der Waals surface area contributed by atoms with Gasteiger partial charge in [0.25, 0.3) is 0 Å². The molecule has 1 aliphatic rings. The molecule has 2 heteroatoms. The standard InChI is InChI=1S/C11H15NO/c1-7-4-10-9(6-11(7)13)5-8(2)12(10)3/h4,6,8,13H,5H2,1-3H3. The molecule has 1 aromatic carbocycles. The second-order valence-electron chi connectivity index (χ2n) is 3.93. The molecule has 1 heterocycles. The Morgan fingerprint density at radius 3 is 2.85 bits per heavy atom. The van der Waals surface area contributed by atoms with Gasteiger partial charge < -0.3 is 10.0 Å². The van der Waals surface area contributed by atoms with Crippen LogP contribution in [0.4, 0.5) is 5.69 Å². The molecule has 0 bridgehead atoms. The number of likely N-dealkylation sites (N-methyl/N-ethyl adjacent to an activating group) is 1. The Morgan fingerprint density at radius 1 is 1.46 bits per heavy atom. The third kappa shape index (κ3) is 1.17. The molecular weight excluding hydrogens is 162 g/mol. The van der Waals surface area contributed by atoms with Gasteiger partial charge in [-0.3, -0.25) is 0 Å². The third-order valence-corrected chi connectivity index (χ3v) is 2.95. The van der Waals surface area contributed by atoms with Gasteiger partial charge in [-0.15, -0.1) is 0 Å². The Bertz CT molecular complexity index is 346. The summed E-state index contributed by atoms with van der Waals surface area (Å²) in [5.41, 5.74) is 3.49. The highest BCUT2D eigenvalue weighted by Crippen LogP contribution is 2.35. The molecule has 1 aromatic rings. The summed E-state index contributed by atoms with van der Waals surface area (Å²) in [5, 5.41) is 9.54. The summed E-state index contributed by atoms with van der Waals surface area (Å²) in [6, 6.07) is 4.51. The van der Waals surface area contributed by atoms with Crippen LogP contribution in [-0.4, -0.2) is 18.2 Å². The number of aromatic hydroxyl groups is 1. The predicted molar refractivity (Wildman–Crippen MR) is 54.4 cm³/mol. The van der Waals surface area contributed by atoms with E-state index in [9.17, 15) is 5.11 Å². The minimum Gasteiger partial charge on any atom is -0.508 e. The average molecular weight is 177 g/mol. The van der Waals surface area contributed by atoms with Crippen molar-refractivity contribution in [2.45, 2.75) is 26.3 Å². The predicted octanol–water partition coefficient (Wildman–Crippen LogP) is 2.08. The van der Waals surface area contributed by atoms with Gasteiger partial charge in [0.15, 0.2) is 0 Å². The second-order valence-corrected chi connectivity index (χ2v) is 3.93. The Balaban J connectivity index is 2.53. The van der Waals surface area contributed by atoms with Crippen LogP contribution >= 0.6 is 0 Å². The van der Waals surface area contributed by atoms with Gasteiger partial charge in [0.2, 0.25) is 0 Å². The van der Waals surface area contributed by atoms with Gasteiger partial charge in [-0.1, -0.05) is 0 Å². The van der Waals surface area contributed by atoms with Crippen molar-refractivity contribution in [3.8, 4) is 5.75 Å². The van der Waals surface area contributed by atoms with E-state index in [-0.39, 0.29) is 0 Å². The summed E-state index contributed by atoms with van der Waals surface area (Å²) < 4.78 is 0. The first-order valence-electron chi connectivity index (χ1n) is 4.65. The van der Waals surface area contributed by atoms with Gasteiger partial charge in [0, 0.05) is 18.8 Å². The molecule has 0 saturated carbocycles. The highest BCUT2D eigenvalue weighted by atomic mass is 16.3. The van der Waals surface area contributed by atoms with E-state index < -0.39 is 0 Å². The molecule has 0 fully saturated rings. The van der Waals surface area contributed by atoms with E-state index >= 15 is 0 Å². The molecule has 70 valence electrons. The van der Waals surface area contributed by atoms with Crippen molar-refractivity contribution < 1.29 is 5.11 Å². The van der Waals surface area contributed by atoms with Crippen LogP contribution in [0.2, 0.25) is 0 Å². The molecule has 2 nitrogen and oxygen atoms in total. The lowest BCUT2D eigenvalue weighted by atomic mass is 10.1. The number of aryl methyl sites for hydroxylation is 1. The zero-order valence-electron chi connectivity index (χ0n) is 8.33. The van der Waals surface area contributed by atoms with Crippen molar-refractivity contribution in [2.75, 3.05) is 11.9 Å². The summed E-state index contributed by atoms with van der Waals surface area (Å²) in [4.78, 5) is 2.27. The molecule has 0 saturated heterocycles. The number of phenolic OH excluding ortho intramolecular Hbond substituents is 1. The SMILES string of the molecule is Cc1cc2c(cc1O)CC(C)N2C. The summed E-state index contributed by atoms with van der Waals surface area (Å²) in [6.45, 7) is 4.14. The second kappa shape index (κ2) is 2.66. The van der Waals surface area contributed by atoms with E-state index in [0.29, 0.717) is 11.8 Å². The highest BCUT2D eigenvalue weighted by molar-refractivity contribution is 5.62. The quantitative estimate of drug-likeness (QED) is 0.656. The number of hydrogen-bond acceptors (Lipinski definition) is 2. The number of phenols is 1. The smallest absolute Gasteiger partial charge is 0.118 e. The largest absolute Gasteiger partial charge is 0.508 e. The fourth-order valence-corrected chi connectivity index (χ4v) is 1.91. The van der Waals surface area contributed by atoms with E-state index in [1.807, 2.05) is 13.0 Å². The molecule has 0 aliphatic carbocycles. The zero-order chi connectivity index (χ0) is 9.59. The maximum Gasteiger partial charge on any atom is 0.118 e. The van der Waals surface area contributed by atoms with Crippen LogP contribution in [0.25, 0.3) is 0 Å². The van der Waals surface area contributed by atoms with Gasteiger partial charge in [-0.05, 0) is 43.5 Å². The van der Waals surface area contributed by atoms with Crippen LogP contribution in [0, 0.1) is 6.92 Å². The fourth-order valence-electron chi connectivity index (χ4n) is 1.91. The number of hydrogen-bond donors (Lipinski definition) is 1. The molecule has 0 spiro atoms. The van der Waals surface area contributed by atoms with Crippen LogP contribution in [-0.2, 0) is 6.42 Å². The monoisotopic (exact) mass is 177 g/mol. The number of nitrogens with zero attached hydrogens (tertiary/aromatic N) is 1. The topological polar surface area (TPSA) is 23.5 Å². The van der Waals surface area contributed by atoms with E-state index in [1.54, 1.807) is 0 Å². The summed E-state index contributed by atoms with van der Waals surface area (Å²) >= 11 is 0. The van der Waals surface area contributed by atoms with Crippen molar-refractivity contribution in [3.63, 3.8) is 0 Å². The maximum atomic E-state index is 9.54.